The van der Waals surface area contributed by atoms with Crippen molar-refractivity contribution in [2.75, 3.05) is 19.6 Å². The van der Waals surface area contributed by atoms with Crippen LogP contribution in [0.2, 0.25) is 0 Å². The van der Waals surface area contributed by atoms with E-state index in [1.54, 1.807) is 9.80 Å². The molecule has 3 atom stereocenters. The molecular weight excluding hydrogens is 306 g/mol. The maximum Gasteiger partial charge on any atom is 0.318 e. The van der Waals surface area contributed by atoms with Crippen LogP contribution in [0.15, 0.2) is 0 Å². The van der Waals surface area contributed by atoms with Gasteiger partial charge in [0, 0.05) is 25.7 Å². The third-order valence-electron chi connectivity index (χ3n) is 5.22. The van der Waals surface area contributed by atoms with Crippen molar-refractivity contribution in [3.8, 4) is 0 Å². The van der Waals surface area contributed by atoms with Crippen molar-refractivity contribution < 1.29 is 14.7 Å². The van der Waals surface area contributed by atoms with Crippen LogP contribution in [0.4, 0.5) is 4.79 Å². The maximum atomic E-state index is 12.9. The molecule has 0 saturated carbocycles. The van der Waals surface area contributed by atoms with Gasteiger partial charge in [-0.25, -0.2) is 4.79 Å². The number of rotatable bonds is 2. The van der Waals surface area contributed by atoms with Crippen LogP contribution < -0.4 is 5.32 Å². The molecule has 2 aliphatic rings. The van der Waals surface area contributed by atoms with E-state index in [1.807, 2.05) is 13.8 Å². The molecule has 0 aromatic rings. The lowest BCUT2D eigenvalue weighted by atomic mass is 9.73. The van der Waals surface area contributed by atoms with Crippen molar-refractivity contribution in [1.29, 1.82) is 0 Å². The number of urea groups is 1. The fourth-order valence-electron chi connectivity index (χ4n) is 3.95. The molecule has 6 nitrogen and oxygen atoms in total. The summed E-state index contributed by atoms with van der Waals surface area (Å²) in [6.45, 7) is 11.9. The van der Waals surface area contributed by atoms with E-state index in [1.165, 1.54) is 0 Å². The predicted octanol–water partition coefficient (Wildman–Crippen LogP) is 1.82. The van der Waals surface area contributed by atoms with Crippen LogP contribution >= 0.6 is 0 Å². The minimum Gasteiger partial charge on any atom is -0.391 e. The number of hydrogen-bond donors (Lipinski definition) is 2. The topological polar surface area (TPSA) is 72.9 Å². The number of aliphatic hydroxyl groups excluding tert-OH is 1. The van der Waals surface area contributed by atoms with E-state index in [0.717, 1.165) is 12.8 Å². The zero-order valence-electron chi connectivity index (χ0n) is 15.7. The summed E-state index contributed by atoms with van der Waals surface area (Å²) in [6, 6.07) is -0.494. The average Bonchev–Trinajstić information content (AvgIpc) is 2.93. The van der Waals surface area contributed by atoms with Gasteiger partial charge < -0.3 is 20.2 Å². The number of β-amino-alcohol motifs (C(OH)–C–C–N with tert-alkyl or cyclic N) is 1. The lowest BCUT2D eigenvalue weighted by Crippen LogP contribution is -2.56. The fourth-order valence-corrected chi connectivity index (χ4v) is 3.95. The Labute approximate surface area is 145 Å². The lowest BCUT2D eigenvalue weighted by molar-refractivity contribution is -0.141. The molecule has 2 rings (SSSR count). The lowest BCUT2D eigenvalue weighted by Gasteiger charge is -2.43. The van der Waals surface area contributed by atoms with Crippen LogP contribution in [0.1, 0.15) is 53.9 Å². The molecule has 3 amide bonds. The summed E-state index contributed by atoms with van der Waals surface area (Å²) >= 11 is 0. The molecule has 2 heterocycles. The molecular formula is C18H33N3O3. The van der Waals surface area contributed by atoms with Crippen LogP contribution in [-0.4, -0.2) is 64.7 Å². The number of piperidine rings is 1. The van der Waals surface area contributed by atoms with Gasteiger partial charge in [-0.1, -0.05) is 20.8 Å². The van der Waals surface area contributed by atoms with Crippen molar-refractivity contribution in [3.05, 3.63) is 0 Å². The van der Waals surface area contributed by atoms with Crippen molar-refractivity contribution in [2.24, 2.45) is 11.3 Å². The molecule has 24 heavy (non-hydrogen) atoms. The molecule has 2 aliphatic heterocycles. The van der Waals surface area contributed by atoms with E-state index in [0.29, 0.717) is 26.1 Å². The Kier molecular flexibility index (Phi) is 5.78. The second kappa shape index (κ2) is 7.30. The molecule has 2 saturated heterocycles. The fraction of sp³-hybridized carbons (Fsp3) is 0.889. The van der Waals surface area contributed by atoms with E-state index in [9.17, 15) is 14.7 Å². The van der Waals surface area contributed by atoms with Gasteiger partial charge >= 0.3 is 6.03 Å². The number of hydrogen-bond acceptors (Lipinski definition) is 3. The number of carbonyl (C=O) groups excluding carboxylic acids is 2. The van der Waals surface area contributed by atoms with Crippen molar-refractivity contribution >= 4 is 11.9 Å². The predicted molar refractivity (Wildman–Crippen MR) is 93.5 cm³/mol. The molecule has 0 spiro atoms. The minimum atomic E-state index is -0.498. The van der Waals surface area contributed by atoms with Gasteiger partial charge in [-0.15, -0.1) is 0 Å². The first-order valence-corrected chi connectivity index (χ1v) is 9.15. The monoisotopic (exact) mass is 339 g/mol. The number of aliphatic hydroxyl groups is 1. The Morgan fingerprint density at radius 3 is 2.38 bits per heavy atom. The molecule has 0 aromatic carbocycles. The maximum absolute atomic E-state index is 12.9. The average molecular weight is 339 g/mol. The first kappa shape index (κ1) is 19.0. The number of carbonyl (C=O) groups is 2. The van der Waals surface area contributed by atoms with E-state index < -0.39 is 6.10 Å². The SMILES string of the molecule is CC(C)NC(=O)N1CCC[C@H]1C(=O)N1CC[C@H](C(C)(C)C)[C@H](O)C1. The molecule has 0 radical (unpaired) electrons. The van der Waals surface area contributed by atoms with Gasteiger partial charge in [0.25, 0.3) is 0 Å². The molecule has 0 aliphatic carbocycles. The summed E-state index contributed by atoms with van der Waals surface area (Å²) in [5.74, 6) is 0.184. The second-order valence-electron chi connectivity index (χ2n) is 8.57. The van der Waals surface area contributed by atoms with Gasteiger partial charge in [0.1, 0.15) is 6.04 Å². The van der Waals surface area contributed by atoms with E-state index in [2.05, 4.69) is 26.1 Å². The van der Waals surface area contributed by atoms with Crippen LogP contribution in [0.5, 0.6) is 0 Å². The summed E-state index contributed by atoms with van der Waals surface area (Å²) in [6.07, 6.45) is 1.87. The minimum absolute atomic E-state index is 0.0159. The normalized spacial score (nSPS) is 28.4. The Balaban J connectivity index is 2.00. The van der Waals surface area contributed by atoms with Gasteiger partial charge in [-0.2, -0.15) is 0 Å². The summed E-state index contributed by atoms with van der Waals surface area (Å²) in [4.78, 5) is 28.6. The van der Waals surface area contributed by atoms with E-state index >= 15 is 0 Å². The summed E-state index contributed by atoms with van der Waals surface area (Å²) in [5, 5.41) is 13.3. The van der Waals surface area contributed by atoms with Gasteiger partial charge in [0.05, 0.1) is 6.10 Å². The first-order valence-electron chi connectivity index (χ1n) is 9.15. The van der Waals surface area contributed by atoms with Crippen molar-refractivity contribution in [3.63, 3.8) is 0 Å². The molecule has 138 valence electrons. The number of nitrogens with zero attached hydrogens (tertiary/aromatic N) is 2. The molecule has 0 aromatic heterocycles. The van der Waals surface area contributed by atoms with Crippen molar-refractivity contribution in [2.45, 2.75) is 72.1 Å². The first-order chi connectivity index (χ1) is 11.1. The van der Waals surface area contributed by atoms with E-state index in [-0.39, 0.29) is 35.4 Å². The highest BCUT2D eigenvalue weighted by Gasteiger charge is 2.41. The molecule has 2 fully saturated rings. The summed E-state index contributed by atoms with van der Waals surface area (Å²) in [7, 11) is 0. The molecule has 0 bridgehead atoms. The molecule has 0 unspecified atom stereocenters. The van der Waals surface area contributed by atoms with Gasteiger partial charge in [-0.3, -0.25) is 4.79 Å². The Morgan fingerprint density at radius 2 is 1.83 bits per heavy atom. The van der Waals surface area contributed by atoms with Gasteiger partial charge in [-0.05, 0) is 44.4 Å². The highest BCUT2D eigenvalue weighted by atomic mass is 16.3. The largest absolute Gasteiger partial charge is 0.391 e. The van der Waals surface area contributed by atoms with E-state index in [4.69, 9.17) is 0 Å². The zero-order valence-corrected chi connectivity index (χ0v) is 15.7. The highest BCUT2D eigenvalue weighted by molar-refractivity contribution is 5.87. The Bertz CT molecular complexity index is 473. The van der Waals surface area contributed by atoms with Crippen LogP contribution in [0.3, 0.4) is 0 Å². The quantitative estimate of drug-likeness (QED) is 0.806. The Hall–Kier alpha value is -1.30. The highest BCUT2D eigenvalue weighted by Crippen LogP contribution is 2.35. The Morgan fingerprint density at radius 1 is 1.17 bits per heavy atom. The van der Waals surface area contributed by atoms with Gasteiger partial charge in [0.15, 0.2) is 0 Å². The number of likely N-dealkylation sites (tertiary alicyclic amines) is 2. The number of amides is 3. The molecule has 6 heteroatoms. The van der Waals surface area contributed by atoms with Crippen molar-refractivity contribution in [1.82, 2.24) is 15.1 Å². The summed E-state index contributed by atoms with van der Waals surface area (Å²) < 4.78 is 0. The zero-order chi connectivity index (χ0) is 18.1. The van der Waals surface area contributed by atoms with Crippen LogP contribution in [0.25, 0.3) is 0 Å². The van der Waals surface area contributed by atoms with Gasteiger partial charge in [0.2, 0.25) is 5.91 Å². The van der Waals surface area contributed by atoms with Crippen LogP contribution in [-0.2, 0) is 4.79 Å². The van der Waals surface area contributed by atoms with Crippen LogP contribution in [0, 0.1) is 11.3 Å². The standard InChI is InChI=1S/C18H33N3O3/c1-12(2)19-17(24)21-9-6-7-14(21)16(23)20-10-8-13(15(22)11-20)18(3,4)5/h12-15,22H,6-11H2,1-5H3,(H,19,24)/t13-,14-,15+/m0/s1. The number of nitrogens with one attached hydrogen (secondary N) is 1. The molecule has 2 N–H and O–H groups in total. The second-order valence-corrected chi connectivity index (χ2v) is 8.57. The third-order valence-corrected chi connectivity index (χ3v) is 5.22. The smallest absolute Gasteiger partial charge is 0.318 e. The summed E-state index contributed by atoms with van der Waals surface area (Å²) in [5.41, 5.74) is 0.0328. The third kappa shape index (κ3) is 4.21.